The smallest absolute Gasteiger partial charge is 0.324 e. The fourth-order valence-corrected chi connectivity index (χ4v) is 2.53. The third-order valence-electron chi connectivity index (χ3n) is 3.86. The van der Waals surface area contributed by atoms with Crippen LogP contribution in [0.25, 0.3) is 0 Å². The lowest BCUT2D eigenvalue weighted by Crippen LogP contribution is -2.16. The monoisotopic (exact) mass is 362 g/mol. The van der Waals surface area contributed by atoms with Crippen LogP contribution in [0.5, 0.6) is 0 Å². The largest absolute Gasteiger partial charge is 0.333 e. The quantitative estimate of drug-likeness (QED) is 0.406. The van der Waals surface area contributed by atoms with Gasteiger partial charge in [-0.05, 0) is 24.6 Å². The Morgan fingerprint density at radius 3 is 2.33 bits per heavy atom. The Kier molecular flexibility index (Phi) is 5.36. The van der Waals surface area contributed by atoms with Gasteiger partial charge in [0.05, 0.1) is 11.1 Å². The van der Waals surface area contributed by atoms with Gasteiger partial charge in [0.1, 0.15) is 5.69 Å². The van der Waals surface area contributed by atoms with Gasteiger partial charge in [-0.25, -0.2) is 10.4 Å². The molecule has 2 aromatic carbocycles. The molecule has 136 valence electrons. The van der Waals surface area contributed by atoms with Crippen LogP contribution in [0.4, 0.5) is 23.1 Å². The highest BCUT2D eigenvalue weighted by atomic mass is 16.6. The van der Waals surface area contributed by atoms with Gasteiger partial charge >= 0.3 is 5.69 Å². The zero-order valence-corrected chi connectivity index (χ0v) is 14.9. The van der Waals surface area contributed by atoms with E-state index in [0.717, 1.165) is 11.3 Å². The lowest BCUT2D eigenvalue weighted by Gasteiger charge is -2.19. The van der Waals surface area contributed by atoms with Crippen molar-refractivity contribution in [2.75, 3.05) is 17.4 Å². The van der Waals surface area contributed by atoms with E-state index < -0.39 is 4.92 Å². The first-order chi connectivity index (χ1) is 13.1. The summed E-state index contributed by atoms with van der Waals surface area (Å²) in [7, 11) is 1.72. The number of rotatable bonds is 6. The number of hydrogen-bond donors (Lipinski definition) is 1. The number of nitrogens with one attached hydrogen (secondary N) is 1. The summed E-state index contributed by atoms with van der Waals surface area (Å²) in [5.74, 6) is 0.374. The molecule has 3 aromatic rings. The standard InChI is InChI=1S/C19H18N6O2/c1-14-17(25(26)27)18(24(2)16-11-7-4-8-12-16)22-19(21-14)23-20-13-15-9-5-3-6-10-15/h3-13H,1-2H3,(H,21,22,23)/b20-13-. The van der Waals surface area contributed by atoms with Gasteiger partial charge in [0, 0.05) is 12.7 Å². The molecule has 8 nitrogen and oxygen atoms in total. The van der Waals surface area contributed by atoms with E-state index in [1.807, 2.05) is 60.7 Å². The number of para-hydroxylation sites is 1. The Balaban J connectivity index is 1.94. The highest BCUT2D eigenvalue weighted by Gasteiger charge is 2.25. The van der Waals surface area contributed by atoms with Gasteiger partial charge in [0.2, 0.25) is 11.8 Å². The van der Waals surface area contributed by atoms with Crippen LogP contribution in [0.15, 0.2) is 65.8 Å². The first-order valence-electron chi connectivity index (χ1n) is 8.22. The zero-order chi connectivity index (χ0) is 19.2. The topological polar surface area (TPSA) is 96.6 Å². The van der Waals surface area contributed by atoms with E-state index in [0.29, 0.717) is 0 Å². The normalized spacial score (nSPS) is 10.7. The van der Waals surface area contributed by atoms with E-state index in [1.54, 1.807) is 25.1 Å². The molecule has 0 aliphatic heterocycles. The van der Waals surface area contributed by atoms with Crippen molar-refractivity contribution in [3.63, 3.8) is 0 Å². The van der Waals surface area contributed by atoms with Gasteiger partial charge in [0.25, 0.3) is 0 Å². The maximum atomic E-state index is 11.5. The van der Waals surface area contributed by atoms with Crippen molar-refractivity contribution in [1.29, 1.82) is 0 Å². The van der Waals surface area contributed by atoms with Gasteiger partial charge < -0.3 is 4.90 Å². The molecular formula is C19H18N6O2. The second-order valence-corrected chi connectivity index (χ2v) is 5.74. The number of benzene rings is 2. The Bertz CT molecular complexity index is 961. The lowest BCUT2D eigenvalue weighted by atomic mass is 10.2. The molecule has 8 heteroatoms. The predicted molar refractivity (Wildman–Crippen MR) is 106 cm³/mol. The van der Waals surface area contributed by atoms with Crippen LogP contribution < -0.4 is 10.3 Å². The third-order valence-corrected chi connectivity index (χ3v) is 3.86. The molecule has 0 fully saturated rings. The molecule has 3 rings (SSSR count). The maximum Gasteiger partial charge on any atom is 0.333 e. The zero-order valence-electron chi connectivity index (χ0n) is 14.9. The minimum Gasteiger partial charge on any atom is -0.324 e. The molecule has 0 saturated carbocycles. The highest BCUT2D eigenvalue weighted by Crippen LogP contribution is 2.33. The van der Waals surface area contributed by atoms with E-state index in [9.17, 15) is 10.1 Å². The van der Waals surface area contributed by atoms with E-state index in [1.165, 1.54) is 0 Å². The molecule has 27 heavy (non-hydrogen) atoms. The average Bonchev–Trinajstić information content (AvgIpc) is 2.68. The number of anilines is 3. The van der Waals surface area contributed by atoms with E-state index in [2.05, 4.69) is 20.5 Å². The molecule has 0 spiro atoms. The number of hydrogen-bond acceptors (Lipinski definition) is 7. The van der Waals surface area contributed by atoms with Crippen LogP contribution in [0.2, 0.25) is 0 Å². The number of aryl methyl sites for hydroxylation is 1. The maximum absolute atomic E-state index is 11.5. The van der Waals surface area contributed by atoms with Crippen molar-refractivity contribution in [2.24, 2.45) is 5.10 Å². The second-order valence-electron chi connectivity index (χ2n) is 5.74. The van der Waals surface area contributed by atoms with Crippen molar-refractivity contribution in [2.45, 2.75) is 6.92 Å². The van der Waals surface area contributed by atoms with Gasteiger partial charge in [-0.2, -0.15) is 10.1 Å². The molecule has 0 aliphatic rings. The summed E-state index contributed by atoms with van der Waals surface area (Å²) in [6.45, 7) is 1.58. The Hall–Kier alpha value is -3.81. The molecular weight excluding hydrogens is 344 g/mol. The summed E-state index contributed by atoms with van der Waals surface area (Å²) in [6.07, 6.45) is 1.63. The van der Waals surface area contributed by atoms with Crippen molar-refractivity contribution in [3.8, 4) is 0 Å². The molecule has 1 aromatic heterocycles. The summed E-state index contributed by atoms with van der Waals surface area (Å²) >= 11 is 0. The number of hydrazone groups is 1. The van der Waals surface area contributed by atoms with Crippen LogP contribution in [0, 0.1) is 17.0 Å². The Morgan fingerprint density at radius 1 is 1.07 bits per heavy atom. The van der Waals surface area contributed by atoms with Crippen molar-refractivity contribution in [1.82, 2.24) is 9.97 Å². The summed E-state index contributed by atoms with van der Waals surface area (Å²) in [5.41, 5.74) is 4.54. The third kappa shape index (κ3) is 4.24. The van der Waals surface area contributed by atoms with Crippen LogP contribution >= 0.6 is 0 Å². The van der Waals surface area contributed by atoms with E-state index in [-0.39, 0.29) is 23.1 Å². The van der Waals surface area contributed by atoms with Gasteiger partial charge in [0.15, 0.2) is 0 Å². The Labute approximate surface area is 156 Å². The lowest BCUT2D eigenvalue weighted by molar-refractivity contribution is -0.385. The van der Waals surface area contributed by atoms with Crippen molar-refractivity contribution < 1.29 is 4.92 Å². The van der Waals surface area contributed by atoms with Crippen LogP contribution in [-0.4, -0.2) is 28.2 Å². The van der Waals surface area contributed by atoms with Crippen LogP contribution in [0.1, 0.15) is 11.3 Å². The summed E-state index contributed by atoms with van der Waals surface area (Å²) in [4.78, 5) is 21.2. The van der Waals surface area contributed by atoms with Gasteiger partial charge in [-0.15, -0.1) is 0 Å². The van der Waals surface area contributed by atoms with Crippen LogP contribution in [-0.2, 0) is 0 Å². The predicted octanol–water partition coefficient (Wildman–Crippen LogP) is 3.91. The molecule has 0 radical (unpaired) electrons. The Morgan fingerprint density at radius 2 is 1.70 bits per heavy atom. The summed E-state index contributed by atoms with van der Waals surface area (Å²) < 4.78 is 0. The average molecular weight is 362 g/mol. The molecule has 0 atom stereocenters. The van der Waals surface area contributed by atoms with Crippen molar-refractivity contribution in [3.05, 3.63) is 82.0 Å². The molecule has 0 unspecified atom stereocenters. The molecule has 1 heterocycles. The minimum atomic E-state index is -0.471. The molecule has 0 aliphatic carbocycles. The van der Waals surface area contributed by atoms with Crippen LogP contribution in [0.3, 0.4) is 0 Å². The fourth-order valence-electron chi connectivity index (χ4n) is 2.53. The number of aromatic nitrogens is 2. The highest BCUT2D eigenvalue weighted by molar-refractivity contribution is 5.80. The first kappa shape index (κ1) is 18.0. The van der Waals surface area contributed by atoms with Gasteiger partial charge in [-0.1, -0.05) is 48.5 Å². The molecule has 1 N–H and O–H groups in total. The molecule has 0 bridgehead atoms. The fraction of sp³-hybridized carbons (Fsp3) is 0.105. The minimum absolute atomic E-state index is 0.140. The van der Waals surface area contributed by atoms with Gasteiger partial charge in [-0.3, -0.25) is 10.1 Å². The molecule has 0 saturated heterocycles. The number of nitro groups is 1. The number of nitrogens with zero attached hydrogens (tertiary/aromatic N) is 5. The molecule has 0 amide bonds. The van der Waals surface area contributed by atoms with Crippen molar-refractivity contribution >= 4 is 29.4 Å². The second kappa shape index (κ2) is 8.05. The SMILES string of the molecule is Cc1nc(N/N=C\c2ccccc2)nc(N(C)c2ccccc2)c1[N+](=O)[O-]. The van der Waals surface area contributed by atoms with E-state index >= 15 is 0 Å². The summed E-state index contributed by atoms with van der Waals surface area (Å²) in [5, 5.41) is 15.6. The first-order valence-corrected chi connectivity index (χ1v) is 8.22. The van der Waals surface area contributed by atoms with E-state index in [4.69, 9.17) is 0 Å². The summed E-state index contributed by atoms with van der Waals surface area (Å²) in [6, 6.07) is 18.8.